The van der Waals surface area contributed by atoms with Crippen molar-refractivity contribution in [3.63, 3.8) is 0 Å². The van der Waals surface area contributed by atoms with Gasteiger partial charge in [-0.1, -0.05) is 27.7 Å². The van der Waals surface area contributed by atoms with Crippen LogP contribution in [0.2, 0.25) is 0 Å². The maximum Gasteiger partial charge on any atom is 0.157 e. The molecule has 2 atom stereocenters. The summed E-state index contributed by atoms with van der Waals surface area (Å²) in [5, 5.41) is 4.38. The molecule has 25 heavy (non-hydrogen) atoms. The Morgan fingerprint density at radius 1 is 1.40 bits per heavy atom. The molecule has 3 heterocycles. The minimum absolute atomic E-state index is 0.147. The molecule has 5 nitrogen and oxygen atoms in total. The fourth-order valence-corrected chi connectivity index (χ4v) is 4.42. The van der Waals surface area contributed by atoms with E-state index in [0.29, 0.717) is 5.78 Å². The monoisotopic (exact) mass is 406 g/mol. The summed E-state index contributed by atoms with van der Waals surface area (Å²) in [6, 6.07) is 2.40. The Kier molecular flexibility index (Phi) is 4.93. The number of Topliss-reactive ketones (excluding diaryl/α,β-unsaturated/α-hetero) is 1. The number of aryl methyl sites for hydroxylation is 1. The molecule has 2 aromatic rings. The first-order valence-corrected chi connectivity index (χ1v) is 9.85. The van der Waals surface area contributed by atoms with Crippen molar-refractivity contribution in [2.45, 2.75) is 59.9 Å². The van der Waals surface area contributed by atoms with Crippen molar-refractivity contribution in [2.24, 2.45) is 11.3 Å². The number of hydrogen-bond acceptors (Lipinski definition) is 4. The number of carbonyl (C=O) groups excluding carboxylic acids is 1. The van der Waals surface area contributed by atoms with Gasteiger partial charge in [-0.2, -0.15) is 5.10 Å². The lowest BCUT2D eigenvalue weighted by Gasteiger charge is -2.39. The van der Waals surface area contributed by atoms with Gasteiger partial charge in [0.1, 0.15) is 22.2 Å². The molecule has 0 aliphatic carbocycles. The summed E-state index contributed by atoms with van der Waals surface area (Å²) in [5.41, 5.74) is 2.04. The molecule has 136 valence electrons. The van der Waals surface area contributed by atoms with E-state index in [1.165, 1.54) is 5.56 Å². The molecule has 0 aromatic carbocycles. The SMILES string of the molecule is CCc1cc(Br)n2ncnc(N3CC[C@H](C(=O)C(C)(C)C)C[C@@H]3C)c12. The van der Waals surface area contributed by atoms with Crippen LogP contribution in [-0.4, -0.2) is 33.0 Å². The molecule has 1 fully saturated rings. The van der Waals surface area contributed by atoms with Crippen molar-refractivity contribution in [2.75, 3.05) is 11.4 Å². The van der Waals surface area contributed by atoms with Gasteiger partial charge in [-0.15, -0.1) is 0 Å². The minimum Gasteiger partial charge on any atom is -0.352 e. The van der Waals surface area contributed by atoms with E-state index in [1.807, 2.05) is 25.3 Å². The van der Waals surface area contributed by atoms with Gasteiger partial charge in [-0.05, 0) is 53.7 Å². The maximum atomic E-state index is 12.7. The molecule has 3 rings (SSSR count). The van der Waals surface area contributed by atoms with E-state index in [4.69, 9.17) is 0 Å². The number of carbonyl (C=O) groups is 1. The highest BCUT2D eigenvalue weighted by Gasteiger charge is 2.36. The van der Waals surface area contributed by atoms with Crippen LogP contribution < -0.4 is 4.90 Å². The van der Waals surface area contributed by atoms with Gasteiger partial charge in [-0.3, -0.25) is 4.79 Å². The third-order valence-corrected chi connectivity index (χ3v) is 5.77. The Labute approximate surface area is 157 Å². The number of aromatic nitrogens is 3. The summed E-state index contributed by atoms with van der Waals surface area (Å²) in [5.74, 6) is 1.51. The normalized spacial score (nSPS) is 21.8. The van der Waals surface area contributed by atoms with Gasteiger partial charge in [0.25, 0.3) is 0 Å². The van der Waals surface area contributed by atoms with Gasteiger partial charge >= 0.3 is 0 Å². The number of piperidine rings is 1. The quantitative estimate of drug-likeness (QED) is 0.763. The Morgan fingerprint density at radius 2 is 2.12 bits per heavy atom. The number of fused-ring (bicyclic) bond motifs is 1. The molecule has 0 amide bonds. The number of ketones is 1. The average molecular weight is 407 g/mol. The van der Waals surface area contributed by atoms with Crippen molar-refractivity contribution < 1.29 is 4.79 Å². The standard InChI is InChI=1S/C19H27BrN4O/c1-6-13-10-15(20)24-16(13)18(21-11-22-24)23-8-7-14(9-12(23)2)17(25)19(3,4)5/h10-12,14H,6-9H2,1-5H3/t12-,14-/m0/s1. The maximum absolute atomic E-state index is 12.7. The molecular formula is C19H27BrN4O. The van der Waals surface area contributed by atoms with Crippen LogP contribution in [0.3, 0.4) is 0 Å². The van der Waals surface area contributed by atoms with E-state index in [2.05, 4.69) is 50.8 Å². The van der Waals surface area contributed by atoms with Crippen molar-refractivity contribution in [1.29, 1.82) is 0 Å². The predicted octanol–water partition coefficient (Wildman–Crippen LogP) is 4.27. The Balaban J connectivity index is 1.92. The lowest BCUT2D eigenvalue weighted by molar-refractivity contribution is -0.131. The molecule has 6 heteroatoms. The third-order valence-electron chi connectivity index (χ3n) is 5.21. The number of rotatable bonds is 3. The van der Waals surface area contributed by atoms with Crippen molar-refractivity contribution in [3.8, 4) is 0 Å². The van der Waals surface area contributed by atoms with Crippen LogP contribution in [0.15, 0.2) is 17.0 Å². The summed E-state index contributed by atoms with van der Waals surface area (Å²) in [7, 11) is 0. The summed E-state index contributed by atoms with van der Waals surface area (Å²) < 4.78 is 2.87. The van der Waals surface area contributed by atoms with Crippen LogP contribution in [0.1, 0.15) is 53.0 Å². The second kappa shape index (κ2) is 6.71. The van der Waals surface area contributed by atoms with E-state index in [0.717, 1.165) is 41.7 Å². The zero-order chi connectivity index (χ0) is 18.4. The lowest BCUT2D eigenvalue weighted by Crippen LogP contribution is -2.45. The molecule has 1 saturated heterocycles. The van der Waals surface area contributed by atoms with Crippen LogP contribution in [0.25, 0.3) is 5.52 Å². The highest BCUT2D eigenvalue weighted by atomic mass is 79.9. The fourth-order valence-electron chi connectivity index (χ4n) is 3.88. The molecule has 1 aliphatic heterocycles. The van der Waals surface area contributed by atoms with Crippen LogP contribution in [-0.2, 0) is 11.2 Å². The summed E-state index contributed by atoms with van der Waals surface area (Å²) >= 11 is 3.59. The Morgan fingerprint density at radius 3 is 2.72 bits per heavy atom. The Bertz CT molecular complexity index is 793. The molecule has 1 aliphatic rings. The van der Waals surface area contributed by atoms with Gasteiger partial charge in [-0.25, -0.2) is 9.50 Å². The number of halogens is 1. The zero-order valence-corrected chi connectivity index (χ0v) is 17.3. The highest BCUT2D eigenvalue weighted by Crippen LogP contribution is 2.35. The van der Waals surface area contributed by atoms with Crippen molar-refractivity contribution in [3.05, 3.63) is 22.6 Å². The minimum atomic E-state index is -0.267. The van der Waals surface area contributed by atoms with Crippen LogP contribution in [0.5, 0.6) is 0 Å². The zero-order valence-electron chi connectivity index (χ0n) is 15.7. The summed E-state index contributed by atoms with van der Waals surface area (Å²) in [4.78, 5) is 19.6. The van der Waals surface area contributed by atoms with Crippen LogP contribution in [0, 0.1) is 11.3 Å². The molecule has 0 bridgehead atoms. The number of hydrogen-bond donors (Lipinski definition) is 0. The van der Waals surface area contributed by atoms with Gasteiger partial charge < -0.3 is 4.90 Å². The van der Waals surface area contributed by atoms with E-state index < -0.39 is 0 Å². The molecule has 2 aromatic heterocycles. The third kappa shape index (κ3) is 3.33. The van der Waals surface area contributed by atoms with Crippen LogP contribution in [0.4, 0.5) is 5.82 Å². The molecular weight excluding hydrogens is 380 g/mol. The summed E-state index contributed by atoms with van der Waals surface area (Å²) in [6.45, 7) is 11.3. The molecule has 0 N–H and O–H groups in total. The molecule has 0 saturated carbocycles. The second-order valence-electron chi connectivity index (χ2n) is 8.07. The molecule has 0 radical (unpaired) electrons. The predicted molar refractivity (Wildman–Crippen MR) is 104 cm³/mol. The van der Waals surface area contributed by atoms with Crippen LogP contribution >= 0.6 is 15.9 Å². The topological polar surface area (TPSA) is 50.5 Å². The highest BCUT2D eigenvalue weighted by molar-refractivity contribution is 9.10. The van der Waals surface area contributed by atoms with E-state index in [-0.39, 0.29) is 17.4 Å². The Hall–Kier alpha value is -1.43. The average Bonchev–Trinajstić information content (AvgIpc) is 2.90. The van der Waals surface area contributed by atoms with E-state index in [9.17, 15) is 4.79 Å². The lowest BCUT2D eigenvalue weighted by atomic mass is 9.77. The van der Waals surface area contributed by atoms with Crippen molar-refractivity contribution in [1.82, 2.24) is 14.6 Å². The van der Waals surface area contributed by atoms with Gasteiger partial charge in [0, 0.05) is 23.9 Å². The van der Waals surface area contributed by atoms with Gasteiger partial charge in [0.05, 0.1) is 0 Å². The molecule has 0 unspecified atom stereocenters. The van der Waals surface area contributed by atoms with Crippen molar-refractivity contribution >= 4 is 33.0 Å². The van der Waals surface area contributed by atoms with Gasteiger partial charge in [0.2, 0.25) is 0 Å². The number of nitrogens with zero attached hydrogens (tertiary/aromatic N) is 4. The first-order chi connectivity index (χ1) is 11.7. The smallest absolute Gasteiger partial charge is 0.157 e. The van der Waals surface area contributed by atoms with Gasteiger partial charge in [0.15, 0.2) is 5.82 Å². The van der Waals surface area contributed by atoms with E-state index in [1.54, 1.807) is 6.33 Å². The first kappa shape index (κ1) is 18.4. The largest absolute Gasteiger partial charge is 0.352 e. The fraction of sp³-hybridized carbons (Fsp3) is 0.632. The number of anilines is 1. The van der Waals surface area contributed by atoms with E-state index >= 15 is 0 Å². The molecule has 0 spiro atoms. The first-order valence-electron chi connectivity index (χ1n) is 9.06. The summed E-state index contributed by atoms with van der Waals surface area (Å²) in [6.07, 6.45) is 4.32. The second-order valence-corrected chi connectivity index (χ2v) is 8.88.